The Balaban J connectivity index is 2.08. The SMILES string of the molecule is CC(CN)Cc1cc2c(s1)CCCC2. The lowest BCUT2D eigenvalue weighted by Gasteiger charge is -2.08. The summed E-state index contributed by atoms with van der Waals surface area (Å²) in [6, 6.07) is 2.42. The predicted octanol–water partition coefficient (Wildman–Crippen LogP) is 2.76. The van der Waals surface area contributed by atoms with Crippen LogP contribution in [-0.4, -0.2) is 6.54 Å². The zero-order valence-corrected chi connectivity index (χ0v) is 9.70. The van der Waals surface area contributed by atoms with Gasteiger partial charge in [0.25, 0.3) is 0 Å². The van der Waals surface area contributed by atoms with Crippen molar-refractivity contribution in [1.29, 1.82) is 0 Å². The van der Waals surface area contributed by atoms with Gasteiger partial charge in [-0.05, 0) is 56.2 Å². The molecule has 0 aliphatic heterocycles. The van der Waals surface area contributed by atoms with Crippen LogP contribution >= 0.6 is 11.3 Å². The zero-order chi connectivity index (χ0) is 9.97. The lowest BCUT2D eigenvalue weighted by atomic mass is 9.98. The fourth-order valence-electron chi connectivity index (χ4n) is 2.08. The molecule has 0 bridgehead atoms. The largest absolute Gasteiger partial charge is 0.330 e. The molecular weight excluding hydrogens is 190 g/mol. The second-order valence-corrected chi connectivity index (χ2v) is 5.63. The van der Waals surface area contributed by atoms with Crippen LogP contribution in [0, 0.1) is 5.92 Å². The van der Waals surface area contributed by atoms with Gasteiger partial charge in [0.05, 0.1) is 0 Å². The van der Waals surface area contributed by atoms with E-state index >= 15 is 0 Å². The molecule has 0 amide bonds. The third-order valence-corrected chi connectivity index (χ3v) is 4.26. The minimum Gasteiger partial charge on any atom is -0.330 e. The Kier molecular flexibility index (Phi) is 3.24. The molecule has 14 heavy (non-hydrogen) atoms. The minimum atomic E-state index is 0.634. The lowest BCUT2D eigenvalue weighted by Crippen LogP contribution is -2.12. The van der Waals surface area contributed by atoms with Crippen LogP contribution in [0.5, 0.6) is 0 Å². The number of fused-ring (bicyclic) bond motifs is 1. The van der Waals surface area contributed by atoms with Crippen molar-refractivity contribution in [2.75, 3.05) is 6.54 Å². The van der Waals surface area contributed by atoms with Gasteiger partial charge in [-0.2, -0.15) is 0 Å². The molecule has 0 spiro atoms. The monoisotopic (exact) mass is 209 g/mol. The van der Waals surface area contributed by atoms with Crippen molar-refractivity contribution in [3.8, 4) is 0 Å². The molecule has 0 aromatic carbocycles. The maximum Gasteiger partial charge on any atom is 0.00801 e. The number of hydrogen-bond donors (Lipinski definition) is 1. The van der Waals surface area contributed by atoms with Crippen LogP contribution in [-0.2, 0) is 19.3 Å². The fraction of sp³-hybridized carbons (Fsp3) is 0.667. The van der Waals surface area contributed by atoms with Crippen molar-refractivity contribution in [2.45, 2.75) is 39.0 Å². The van der Waals surface area contributed by atoms with E-state index in [2.05, 4.69) is 13.0 Å². The first-order valence-corrected chi connectivity index (χ1v) is 6.41. The minimum absolute atomic E-state index is 0.634. The van der Waals surface area contributed by atoms with E-state index in [0.717, 1.165) is 6.54 Å². The van der Waals surface area contributed by atoms with E-state index in [1.165, 1.54) is 32.1 Å². The molecule has 1 nitrogen and oxygen atoms in total. The van der Waals surface area contributed by atoms with Gasteiger partial charge in [-0.1, -0.05) is 6.92 Å². The van der Waals surface area contributed by atoms with Gasteiger partial charge in [0.2, 0.25) is 0 Å². The molecule has 1 atom stereocenters. The highest BCUT2D eigenvalue weighted by Crippen LogP contribution is 2.30. The molecule has 2 heteroatoms. The average molecular weight is 209 g/mol. The summed E-state index contributed by atoms with van der Waals surface area (Å²) in [4.78, 5) is 3.20. The molecule has 0 fully saturated rings. The Morgan fingerprint density at radius 2 is 2.21 bits per heavy atom. The maximum atomic E-state index is 5.65. The van der Waals surface area contributed by atoms with Gasteiger partial charge in [0, 0.05) is 9.75 Å². The van der Waals surface area contributed by atoms with Gasteiger partial charge >= 0.3 is 0 Å². The van der Waals surface area contributed by atoms with Crippen molar-refractivity contribution >= 4 is 11.3 Å². The molecule has 2 N–H and O–H groups in total. The van der Waals surface area contributed by atoms with Crippen LogP contribution in [0.15, 0.2) is 6.07 Å². The highest BCUT2D eigenvalue weighted by molar-refractivity contribution is 7.12. The summed E-state index contributed by atoms with van der Waals surface area (Å²) in [6.07, 6.45) is 6.57. The van der Waals surface area contributed by atoms with E-state index in [0.29, 0.717) is 5.92 Å². The van der Waals surface area contributed by atoms with Crippen molar-refractivity contribution in [3.05, 3.63) is 21.4 Å². The lowest BCUT2D eigenvalue weighted by molar-refractivity contribution is 0.598. The normalized spacial score (nSPS) is 17.9. The summed E-state index contributed by atoms with van der Waals surface area (Å²) in [5, 5.41) is 0. The van der Waals surface area contributed by atoms with E-state index in [1.807, 2.05) is 11.3 Å². The summed E-state index contributed by atoms with van der Waals surface area (Å²) in [6.45, 7) is 3.04. The van der Waals surface area contributed by atoms with E-state index < -0.39 is 0 Å². The molecule has 1 unspecified atom stereocenters. The topological polar surface area (TPSA) is 26.0 Å². The highest BCUT2D eigenvalue weighted by atomic mass is 32.1. The molecule has 0 radical (unpaired) electrons. The van der Waals surface area contributed by atoms with Crippen LogP contribution in [0.4, 0.5) is 0 Å². The number of thiophene rings is 1. The highest BCUT2D eigenvalue weighted by Gasteiger charge is 2.14. The van der Waals surface area contributed by atoms with Gasteiger partial charge in [0.15, 0.2) is 0 Å². The molecule has 1 aliphatic carbocycles. The molecular formula is C12H19NS. The van der Waals surface area contributed by atoms with Crippen molar-refractivity contribution in [3.63, 3.8) is 0 Å². The summed E-state index contributed by atoms with van der Waals surface area (Å²) >= 11 is 2.02. The van der Waals surface area contributed by atoms with Crippen molar-refractivity contribution in [1.82, 2.24) is 0 Å². The van der Waals surface area contributed by atoms with Gasteiger partial charge in [-0.25, -0.2) is 0 Å². The third-order valence-electron chi connectivity index (χ3n) is 3.00. The Bertz CT molecular complexity index is 280. The molecule has 0 saturated heterocycles. The molecule has 2 rings (SSSR count). The first-order valence-electron chi connectivity index (χ1n) is 5.60. The average Bonchev–Trinajstić information content (AvgIpc) is 2.59. The summed E-state index contributed by atoms with van der Waals surface area (Å²) in [7, 11) is 0. The van der Waals surface area contributed by atoms with Crippen LogP contribution < -0.4 is 5.73 Å². The second kappa shape index (κ2) is 4.45. The fourth-order valence-corrected chi connectivity index (χ4v) is 3.50. The smallest absolute Gasteiger partial charge is 0.00801 e. The Morgan fingerprint density at radius 3 is 2.93 bits per heavy atom. The molecule has 1 heterocycles. The Morgan fingerprint density at radius 1 is 1.43 bits per heavy atom. The number of rotatable bonds is 3. The Hall–Kier alpha value is -0.340. The van der Waals surface area contributed by atoms with Gasteiger partial charge in [0.1, 0.15) is 0 Å². The molecule has 1 aromatic heterocycles. The molecule has 78 valence electrons. The first kappa shape index (κ1) is 10.2. The first-order chi connectivity index (χ1) is 6.79. The summed E-state index contributed by atoms with van der Waals surface area (Å²) in [5.74, 6) is 0.634. The summed E-state index contributed by atoms with van der Waals surface area (Å²) < 4.78 is 0. The van der Waals surface area contributed by atoms with Crippen LogP contribution in [0.1, 0.15) is 35.1 Å². The third kappa shape index (κ3) is 2.18. The molecule has 0 saturated carbocycles. The Labute approximate surface area is 90.3 Å². The number of nitrogens with two attached hydrogens (primary N) is 1. The van der Waals surface area contributed by atoms with Crippen LogP contribution in [0.2, 0.25) is 0 Å². The molecule has 1 aromatic rings. The van der Waals surface area contributed by atoms with Gasteiger partial charge in [-0.3, -0.25) is 0 Å². The van der Waals surface area contributed by atoms with E-state index in [1.54, 1.807) is 15.3 Å². The second-order valence-electron chi connectivity index (χ2n) is 4.41. The quantitative estimate of drug-likeness (QED) is 0.814. The number of aryl methyl sites for hydroxylation is 2. The standard InChI is InChI=1S/C12H19NS/c1-9(8-13)6-11-7-10-4-2-3-5-12(10)14-11/h7,9H,2-6,8,13H2,1H3. The number of hydrogen-bond acceptors (Lipinski definition) is 2. The van der Waals surface area contributed by atoms with Crippen molar-refractivity contribution < 1.29 is 0 Å². The zero-order valence-electron chi connectivity index (χ0n) is 8.88. The van der Waals surface area contributed by atoms with Crippen molar-refractivity contribution in [2.24, 2.45) is 11.7 Å². The van der Waals surface area contributed by atoms with Gasteiger partial charge < -0.3 is 5.73 Å². The van der Waals surface area contributed by atoms with Crippen LogP contribution in [0.3, 0.4) is 0 Å². The van der Waals surface area contributed by atoms with E-state index in [-0.39, 0.29) is 0 Å². The van der Waals surface area contributed by atoms with Crippen LogP contribution in [0.25, 0.3) is 0 Å². The summed E-state index contributed by atoms with van der Waals surface area (Å²) in [5.41, 5.74) is 7.27. The molecule has 1 aliphatic rings. The predicted molar refractivity (Wildman–Crippen MR) is 62.9 cm³/mol. The van der Waals surface area contributed by atoms with E-state index in [9.17, 15) is 0 Å². The van der Waals surface area contributed by atoms with E-state index in [4.69, 9.17) is 5.73 Å². The maximum absolute atomic E-state index is 5.65. The van der Waals surface area contributed by atoms with Gasteiger partial charge in [-0.15, -0.1) is 11.3 Å².